The second kappa shape index (κ2) is 11.3. The Morgan fingerprint density at radius 3 is 1.20 bits per heavy atom. The number of alkyl halides is 6. The van der Waals surface area contributed by atoms with E-state index in [9.17, 15) is 16.8 Å². The van der Waals surface area contributed by atoms with Crippen molar-refractivity contribution in [3.63, 3.8) is 0 Å². The average molecular weight is 741 g/mol. The highest BCUT2D eigenvalue weighted by Gasteiger charge is 2.81. The van der Waals surface area contributed by atoms with Crippen molar-refractivity contribution in [1.29, 1.82) is 0 Å². The molecule has 51 heavy (non-hydrogen) atoms. The molecule has 0 saturated carbocycles. The number of allylic oxidation sites excluding steroid dienone is 6. The first-order chi connectivity index (χ1) is 23.8. The smallest absolute Gasteiger partial charge is 0.219 e. The largest absolute Gasteiger partial charge is 0.380 e. The van der Waals surface area contributed by atoms with Crippen molar-refractivity contribution in [2.24, 2.45) is 0 Å². The van der Waals surface area contributed by atoms with Crippen LogP contribution in [0.5, 0.6) is 0 Å². The first-order valence-corrected chi connectivity index (χ1v) is 19.1. The van der Waals surface area contributed by atoms with Crippen molar-refractivity contribution in [3.8, 4) is 22.3 Å². The number of rotatable bonds is 6. The molecule has 0 aromatic heterocycles. The van der Waals surface area contributed by atoms with Gasteiger partial charge in [-0.2, -0.15) is 26.3 Å². The fourth-order valence-corrected chi connectivity index (χ4v) is 11.3. The molecule has 2 aliphatic heterocycles. The van der Waals surface area contributed by atoms with Crippen LogP contribution in [0.15, 0.2) is 116 Å². The molecule has 0 spiro atoms. The van der Waals surface area contributed by atoms with Crippen molar-refractivity contribution >= 4 is 30.8 Å². The minimum absolute atomic E-state index is 0.381. The van der Waals surface area contributed by atoms with Gasteiger partial charge in [0.05, 0.1) is 19.6 Å². The van der Waals surface area contributed by atoms with Crippen LogP contribution >= 0.6 is 0 Å². The lowest BCUT2D eigenvalue weighted by Gasteiger charge is -2.26. The lowest BCUT2D eigenvalue weighted by molar-refractivity contribution is -0.263. The number of fused-ring (bicyclic) bond motifs is 2. The number of hydrogen-bond acceptors (Lipinski definition) is 4. The quantitative estimate of drug-likeness (QED) is 0.185. The molecule has 264 valence electrons. The van der Waals surface area contributed by atoms with Gasteiger partial charge in [0, 0.05) is 33.4 Å². The number of sulfone groups is 2. The van der Waals surface area contributed by atoms with E-state index in [1.165, 1.54) is 38.1 Å². The van der Waals surface area contributed by atoms with Gasteiger partial charge in [0.15, 0.2) is 0 Å². The Hall–Kier alpha value is -4.42. The number of hydrogen-bond donors (Lipinski definition) is 0. The van der Waals surface area contributed by atoms with Gasteiger partial charge >= 0.3 is 17.8 Å². The van der Waals surface area contributed by atoms with Crippen LogP contribution in [0.3, 0.4) is 0 Å². The first-order valence-electron chi connectivity index (χ1n) is 16.1. The molecular weight excluding hydrogens is 711 g/mol. The highest BCUT2D eigenvalue weighted by molar-refractivity contribution is 7.96. The molecular formula is C39H30F6O4S2. The number of halogens is 6. The molecule has 0 saturated heterocycles. The Kier molecular flexibility index (Phi) is 7.75. The van der Waals surface area contributed by atoms with Gasteiger partial charge in [0.1, 0.15) is 0 Å². The molecule has 4 aromatic carbocycles. The van der Waals surface area contributed by atoms with Crippen LogP contribution in [-0.2, 0) is 19.7 Å². The topological polar surface area (TPSA) is 68.3 Å². The lowest BCUT2D eigenvalue weighted by atomic mass is 9.86. The molecule has 1 aliphatic carbocycles. The average Bonchev–Trinajstić information content (AvgIpc) is 3.48. The lowest BCUT2D eigenvalue weighted by Crippen LogP contribution is -2.49. The summed E-state index contributed by atoms with van der Waals surface area (Å²) < 4.78 is 153. The second-order valence-electron chi connectivity index (χ2n) is 12.8. The number of benzene rings is 4. The van der Waals surface area contributed by atoms with Crippen LogP contribution in [0.2, 0.25) is 0 Å². The van der Waals surface area contributed by atoms with Crippen LogP contribution in [0.1, 0.15) is 48.9 Å². The Morgan fingerprint density at radius 1 is 0.510 bits per heavy atom. The molecule has 0 bridgehead atoms. The number of aryl methyl sites for hydroxylation is 2. The van der Waals surface area contributed by atoms with Crippen molar-refractivity contribution < 1.29 is 43.2 Å². The molecule has 0 radical (unpaired) electrons. The summed E-state index contributed by atoms with van der Waals surface area (Å²) in [6.07, 6.45) is -0.991. The molecule has 2 heterocycles. The SMILES string of the molecule is CCC1=C(C2=C(C3=C(CC)S(=O)(=O)c4cc(-c5ccccc5C)ccc43)C(F)(F)C(F)(F)C2(F)F)c2ccc(-c3ccccc3C)cc2S1(=O)=O. The van der Waals surface area contributed by atoms with E-state index in [4.69, 9.17) is 0 Å². The van der Waals surface area contributed by atoms with Crippen LogP contribution in [-0.4, -0.2) is 34.6 Å². The van der Waals surface area contributed by atoms with Crippen LogP contribution in [0.4, 0.5) is 26.3 Å². The molecule has 4 nitrogen and oxygen atoms in total. The molecule has 3 aliphatic rings. The van der Waals surface area contributed by atoms with Crippen molar-refractivity contribution in [2.45, 2.75) is 68.1 Å². The second-order valence-corrected chi connectivity index (χ2v) is 16.7. The molecule has 0 amide bonds. The van der Waals surface area contributed by atoms with Gasteiger partial charge in [-0.25, -0.2) is 16.8 Å². The van der Waals surface area contributed by atoms with Crippen molar-refractivity contribution in [2.75, 3.05) is 0 Å². The summed E-state index contributed by atoms with van der Waals surface area (Å²) in [6, 6.07) is 21.5. The van der Waals surface area contributed by atoms with E-state index in [2.05, 4.69) is 0 Å². The molecule has 4 aromatic rings. The first kappa shape index (κ1) is 35.0. The van der Waals surface area contributed by atoms with Gasteiger partial charge in [-0.15, -0.1) is 0 Å². The maximum absolute atomic E-state index is 16.3. The normalized spacial score (nSPS) is 20.6. The molecule has 0 fully saturated rings. The summed E-state index contributed by atoms with van der Waals surface area (Å²) in [6.45, 7) is 6.14. The van der Waals surface area contributed by atoms with E-state index in [1.807, 2.05) is 0 Å². The molecule has 0 atom stereocenters. The van der Waals surface area contributed by atoms with E-state index < -0.39 is 103 Å². The predicted octanol–water partition coefficient (Wildman–Crippen LogP) is 10.4. The van der Waals surface area contributed by atoms with E-state index in [1.54, 1.807) is 62.4 Å². The van der Waals surface area contributed by atoms with Crippen LogP contribution in [0, 0.1) is 13.8 Å². The Bertz CT molecular complexity index is 2350. The molecule has 0 N–H and O–H groups in total. The third-order valence-electron chi connectivity index (χ3n) is 10.0. The predicted molar refractivity (Wildman–Crippen MR) is 184 cm³/mol. The van der Waals surface area contributed by atoms with Crippen molar-refractivity contribution in [3.05, 3.63) is 128 Å². The van der Waals surface area contributed by atoms with Gasteiger partial charge in [-0.1, -0.05) is 86.6 Å². The maximum atomic E-state index is 16.3. The summed E-state index contributed by atoms with van der Waals surface area (Å²) in [5.41, 5.74) is -3.11. The van der Waals surface area contributed by atoms with Gasteiger partial charge in [-0.3, -0.25) is 0 Å². The van der Waals surface area contributed by atoms with Crippen LogP contribution in [0.25, 0.3) is 33.4 Å². The third kappa shape index (κ3) is 4.57. The summed E-state index contributed by atoms with van der Waals surface area (Å²) in [7, 11) is -9.31. The highest BCUT2D eigenvalue weighted by atomic mass is 32.2. The summed E-state index contributed by atoms with van der Waals surface area (Å²) in [5.74, 6) is -17.3. The summed E-state index contributed by atoms with van der Waals surface area (Å²) in [4.78, 5) is -2.48. The molecule has 0 unspecified atom stereocenters. The minimum atomic E-state index is -6.05. The molecule has 12 heteroatoms. The van der Waals surface area contributed by atoms with Gasteiger partial charge in [0.2, 0.25) is 19.7 Å². The van der Waals surface area contributed by atoms with E-state index in [-0.39, 0.29) is 0 Å². The summed E-state index contributed by atoms with van der Waals surface area (Å²) >= 11 is 0. The maximum Gasteiger partial charge on any atom is 0.380 e. The summed E-state index contributed by atoms with van der Waals surface area (Å²) in [5, 5.41) is 0. The minimum Gasteiger partial charge on any atom is -0.219 e. The zero-order valence-corrected chi connectivity index (χ0v) is 29.3. The Morgan fingerprint density at radius 2 is 0.863 bits per heavy atom. The third-order valence-corrected chi connectivity index (χ3v) is 14.1. The van der Waals surface area contributed by atoms with Gasteiger partial charge in [0.25, 0.3) is 0 Å². The van der Waals surface area contributed by atoms with Crippen molar-refractivity contribution in [1.82, 2.24) is 0 Å². The highest BCUT2D eigenvalue weighted by Crippen LogP contribution is 2.67. The fourth-order valence-electron chi connectivity index (χ4n) is 7.54. The Balaban J connectivity index is 1.57. The standard InChI is InChI=1S/C39H30F6O4S2/c1-5-29-33(27-17-15-23(19-31(27)50(29,46)47)25-13-9-7-11-21(25)3)35-36(38(42,43)39(44,45)37(35,40)41)34-28-18-16-24(26-14-10-8-12-22(26)4)20-32(28)51(48,49)30(34)6-2/h7-20H,5-6H2,1-4H3. The van der Waals surface area contributed by atoms with Gasteiger partial charge in [-0.05, 0) is 72.2 Å². The molecule has 7 rings (SSSR count). The van der Waals surface area contributed by atoms with Gasteiger partial charge < -0.3 is 0 Å². The Labute approximate surface area is 291 Å². The van der Waals surface area contributed by atoms with E-state index in [0.717, 1.165) is 23.3 Å². The zero-order chi connectivity index (χ0) is 37.1. The zero-order valence-electron chi connectivity index (χ0n) is 27.7. The van der Waals surface area contributed by atoms with E-state index in [0.29, 0.717) is 22.3 Å². The fraction of sp³-hybridized carbons (Fsp3) is 0.231. The van der Waals surface area contributed by atoms with E-state index >= 15 is 26.3 Å². The van der Waals surface area contributed by atoms with Crippen LogP contribution < -0.4 is 0 Å². The monoisotopic (exact) mass is 740 g/mol.